The van der Waals surface area contributed by atoms with Gasteiger partial charge in [0.25, 0.3) is 5.91 Å². The van der Waals surface area contributed by atoms with Gasteiger partial charge in [-0.05, 0) is 30.9 Å². The Morgan fingerprint density at radius 3 is 2.78 bits per heavy atom. The normalized spacial score (nSPS) is 18.9. The minimum Gasteiger partial charge on any atom is -0.464 e. The molecule has 0 bridgehead atoms. The number of hydrazine groups is 1. The van der Waals surface area contributed by atoms with Gasteiger partial charge in [-0.15, -0.1) is 0 Å². The molecular weight excluding hydrogens is 346 g/mol. The second-order valence-corrected chi connectivity index (χ2v) is 7.37. The second kappa shape index (κ2) is 6.72. The molecule has 1 saturated carbocycles. The molecule has 7 nitrogen and oxygen atoms in total. The summed E-state index contributed by atoms with van der Waals surface area (Å²) in [5.74, 6) is -0.779. The Balaban J connectivity index is 1.47. The summed E-state index contributed by atoms with van der Waals surface area (Å²) in [5.41, 5.74) is 4.23. The van der Waals surface area contributed by atoms with Crippen LogP contribution < -0.4 is 10.7 Å². The molecule has 4 rings (SSSR count). The maximum absolute atomic E-state index is 12.7. The highest BCUT2D eigenvalue weighted by Crippen LogP contribution is 2.33. The number of rotatable bonds is 4. The van der Waals surface area contributed by atoms with E-state index in [0.29, 0.717) is 12.8 Å². The summed E-state index contributed by atoms with van der Waals surface area (Å²) in [4.78, 5) is 37.4. The van der Waals surface area contributed by atoms with Crippen LogP contribution in [0.3, 0.4) is 0 Å². The largest absolute Gasteiger partial charge is 0.464 e. The lowest BCUT2D eigenvalue weighted by Crippen LogP contribution is -2.51. The number of furan rings is 1. The van der Waals surface area contributed by atoms with E-state index in [1.807, 2.05) is 18.2 Å². The fraction of sp³-hybridized carbons (Fsp3) is 0.450. The van der Waals surface area contributed by atoms with Crippen molar-refractivity contribution >= 4 is 28.8 Å². The average molecular weight is 369 g/mol. The topological polar surface area (TPSA) is 91.7 Å². The molecule has 1 aromatic heterocycles. The van der Waals surface area contributed by atoms with Gasteiger partial charge >= 0.3 is 6.03 Å². The first-order valence-electron chi connectivity index (χ1n) is 9.47. The van der Waals surface area contributed by atoms with E-state index >= 15 is 0 Å². The van der Waals surface area contributed by atoms with Crippen LogP contribution in [0, 0.1) is 0 Å². The highest BCUT2D eigenvalue weighted by Gasteiger charge is 2.52. The zero-order chi connectivity index (χ0) is 19.0. The number of carbonyl (C=O) groups is 3. The van der Waals surface area contributed by atoms with Gasteiger partial charge in [0.1, 0.15) is 11.1 Å². The first kappa shape index (κ1) is 17.6. The van der Waals surface area contributed by atoms with Crippen LogP contribution in [0.1, 0.15) is 50.2 Å². The molecule has 1 aromatic carbocycles. The molecule has 7 heteroatoms. The van der Waals surface area contributed by atoms with Crippen LogP contribution in [0.2, 0.25) is 0 Å². The number of hydrogen-bond acceptors (Lipinski definition) is 4. The third-order valence-electron chi connectivity index (χ3n) is 5.58. The standard InChI is InChI=1S/C20H23N3O4/c1-2-13-6-7-15-14(12-27-16(15)10-13)11-17(24)22-23-18(25)20(21-19(23)26)8-4-3-5-9-20/h6-7,10,12H,2-5,8-9,11H2,1H3,(H,21,26)(H,22,24). The molecule has 0 radical (unpaired) electrons. The van der Waals surface area contributed by atoms with Crippen molar-refractivity contribution in [2.75, 3.05) is 0 Å². The summed E-state index contributed by atoms with van der Waals surface area (Å²) in [7, 11) is 0. The van der Waals surface area contributed by atoms with Crippen LogP contribution in [0.25, 0.3) is 11.0 Å². The van der Waals surface area contributed by atoms with E-state index in [-0.39, 0.29) is 12.3 Å². The van der Waals surface area contributed by atoms with Crippen molar-refractivity contribution in [2.45, 2.75) is 57.4 Å². The highest BCUT2D eigenvalue weighted by molar-refractivity contribution is 6.08. The minimum absolute atomic E-state index is 0.0303. The molecule has 1 spiro atoms. The van der Waals surface area contributed by atoms with Crippen molar-refractivity contribution in [3.8, 4) is 0 Å². The number of carbonyl (C=O) groups excluding carboxylic acids is 3. The van der Waals surface area contributed by atoms with Gasteiger partial charge in [-0.25, -0.2) is 4.79 Å². The van der Waals surface area contributed by atoms with E-state index in [9.17, 15) is 14.4 Å². The number of fused-ring (bicyclic) bond motifs is 1. The number of urea groups is 1. The van der Waals surface area contributed by atoms with Crippen molar-refractivity contribution in [3.05, 3.63) is 35.6 Å². The molecule has 0 atom stereocenters. The number of imide groups is 1. The number of nitrogens with one attached hydrogen (secondary N) is 2. The predicted octanol–water partition coefficient (Wildman–Crippen LogP) is 2.82. The summed E-state index contributed by atoms with van der Waals surface area (Å²) in [6.45, 7) is 2.07. The molecule has 2 aromatic rings. The SMILES string of the molecule is CCc1ccc2c(CC(=O)NN3C(=O)NC4(CCCCC4)C3=O)coc2c1. The lowest BCUT2D eigenvalue weighted by Gasteiger charge is -2.30. The Hall–Kier alpha value is -2.83. The molecule has 1 saturated heterocycles. The fourth-order valence-electron chi connectivity index (χ4n) is 4.04. The number of amides is 4. The van der Waals surface area contributed by atoms with E-state index in [0.717, 1.165) is 52.8 Å². The third kappa shape index (κ3) is 3.07. The first-order chi connectivity index (χ1) is 13.0. The molecule has 142 valence electrons. The Morgan fingerprint density at radius 2 is 2.04 bits per heavy atom. The lowest BCUT2D eigenvalue weighted by atomic mass is 9.82. The lowest BCUT2D eigenvalue weighted by molar-refractivity contribution is -0.139. The molecule has 2 aliphatic rings. The van der Waals surface area contributed by atoms with Crippen LogP contribution in [-0.4, -0.2) is 28.4 Å². The van der Waals surface area contributed by atoms with Crippen molar-refractivity contribution in [2.24, 2.45) is 0 Å². The predicted molar refractivity (Wildman–Crippen MR) is 98.6 cm³/mol. The fourth-order valence-corrected chi connectivity index (χ4v) is 4.04. The van der Waals surface area contributed by atoms with Gasteiger partial charge in [0.05, 0.1) is 12.7 Å². The van der Waals surface area contributed by atoms with Crippen molar-refractivity contribution in [1.82, 2.24) is 15.8 Å². The third-order valence-corrected chi connectivity index (χ3v) is 5.58. The zero-order valence-electron chi connectivity index (χ0n) is 15.3. The van der Waals surface area contributed by atoms with Gasteiger partial charge in [0.15, 0.2) is 0 Å². The van der Waals surface area contributed by atoms with Crippen LogP contribution >= 0.6 is 0 Å². The van der Waals surface area contributed by atoms with Gasteiger partial charge in [0, 0.05) is 10.9 Å². The van der Waals surface area contributed by atoms with Gasteiger partial charge in [-0.1, -0.05) is 38.3 Å². The van der Waals surface area contributed by atoms with Crippen molar-refractivity contribution in [3.63, 3.8) is 0 Å². The number of nitrogens with zero attached hydrogens (tertiary/aromatic N) is 1. The average Bonchev–Trinajstić information content (AvgIpc) is 3.16. The first-order valence-corrected chi connectivity index (χ1v) is 9.47. The van der Waals surface area contributed by atoms with Crippen molar-refractivity contribution < 1.29 is 18.8 Å². The monoisotopic (exact) mass is 369 g/mol. The molecule has 4 amide bonds. The summed E-state index contributed by atoms with van der Waals surface area (Å²) in [5, 5.41) is 4.48. The minimum atomic E-state index is -0.846. The number of hydrogen-bond donors (Lipinski definition) is 2. The maximum Gasteiger partial charge on any atom is 0.344 e. The Morgan fingerprint density at radius 1 is 1.26 bits per heavy atom. The zero-order valence-corrected chi connectivity index (χ0v) is 15.3. The Bertz CT molecular complexity index is 911. The van der Waals surface area contributed by atoms with Gasteiger partial charge in [0.2, 0.25) is 5.91 Å². The van der Waals surface area contributed by atoms with Crippen LogP contribution in [0.4, 0.5) is 4.79 Å². The second-order valence-electron chi connectivity index (χ2n) is 7.37. The molecule has 1 aliphatic heterocycles. The summed E-state index contributed by atoms with van der Waals surface area (Å²) >= 11 is 0. The van der Waals surface area contributed by atoms with E-state index in [1.165, 1.54) is 0 Å². The molecule has 2 heterocycles. The Kier molecular flexibility index (Phi) is 4.37. The smallest absolute Gasteiger partial charge is 0.344 e. The summed E-state index contributed by atoms with van der Waals surface area (Å²) < 4.78 is 5.55. The van der Waals surface area contributed by atoms with Crippen LogP contribution in [-0.2, 0) is 22.4 Å². The van der Waals surface area contributed by atoms with Gasteiger partial charge < -0.3 is 9.73 Å². The number of benzene rings is 1. The molecule has 1 aliphatic carbocycles. The maximum atomic E-state index is 12.7. The summed E-state index contributed by atoms with van der Waals surface area (Å²) in [6, 6.07) is 5.34. The quantitative estimate of drug-likeness (QED) is 0.811. The highest BCUT2D eigenvalue weighted by atomic mass is 16.3. The summed E-state index contributed by atoms with van der Waals surface area (Å²) in [6.07, 6.45) is 6.58. The molecular formula is C20H23N3O4. The van der Waals surface area contributed by atoms with Crippen LogP contribution in [0.5, 0.6) is 0 Å². The number of aryl methyl sites for hydroxylation is 1. The van der Waals surface area contributed by atoms with Crippen molar-refractivity contribution in [1.29, 1.82) is 0 Å². The van der Waals surface area contributed by atoms with Crippen LogP contribution in [0.15, 0.2) is 28.9 Å². The molecule has 0 unspecified atom stereocenters. The van der Waals surface area contributed by atoms with E-state index in [4.69, 9.17) is 4.42 Å². The van der Waals surface area contributed by atoms with Gasteiger partial charge in [-0.3, -0.25) is 15.0 Å². The molecule has 27 heavy (non-hydrogen) atoms. The van der Waals surface area contributed by atoms with E-state index < -0.39 is 17.5 Å². The van der Waals surface area contributed by atoms with E-state index in [2.05, 4.69) is 17.7 Å². The Labute approximate surface area is 157 Å². The van der Waals surface area contributed by atoms with E-state index in [1.54, 1.807) is 6.26 Å². The van der Waals surface area contributed by atoms with Gasteiger partial charge in [-0.2, -0.15) is 5.01 Å². The molecule has 2 fully saturated rings. The molecule has 2 N–H and O–H groups in total.